The van der Waals surface area contributed by atoms with E-state index in [1.807, 2.05) is 19.2 Å². The molecular weight excluding hydrogens is 226 g/mol. The van der Waals surface area contributed by atoms with E-state index in [1.165, 1.54) is 5.56 Å². The Morgan fingerprint density at radius 3 is 2.67 bits per heavy atom. The number of aliphatic hydroxyl groups excluding tert-OH is 1. The van der Waals surface area contributed by atoms with Crippen LogP contribution in [0.15, 0.2) is 24.4 Å². The summed E-state index contributed by atoms with van der Waals surface area (Å²) in [7, 11) is 3.74. The van der Waals surface area contributed by atoms with Gasteiger partial charge in [0.25, 0.3) is 0 Å². The monoisotopic (exact) mass is 247 g/mol. The van der Waals surface area contributed by atoms with E-state index >= 15 is 0 Å². The zero-order valence-corrected chi connectivity index (χ0v) is 11.5. The van der Waals surface area contributed by atoms with Crippen LogP contribution in [0.4, 0.5) is 0 Å². The number of methoxy groups -OCH3 is 1. The fourth-order valence-corrected chi connectivity index (χ4v) is 2.51. The molecule has 1 N–H and O–H groups in total. The lowest BCUT2D eigenvalue weighted by atomic mass is 9.81. The van der Waals surface area contributed by atoms with Gasteiger partial charge < -0.3 is 14.4 Å². The van der Waals surface area contributed by atoms with E-state index in [0.29, 0.717) is 0 Å². The van der Waals surface area contributed by atoms with Gasteiger partial charge in [-0.2, -0.15) is 0 Å². The molecule has 3 heteroatoms. The summed E-state index contributed by atoms with van der Waals surface area (Å²) in [5.74, 6) is 0.897. The van der Waals surface area contributed by atoms with Crippen LogP contribution in [0.1, 0.15) is 25.8 Å². The van der Waals surface area contributed by atoms with Gasteiger partial charge in [-0.1, -0.05) is 19.9 Å². The number of ether oxygens (including phenoxy) is 1. The van der Waals surface area contributed by atoms with Crippen molar-refractivity contribution in [2.24, 2.45) is 7.05 Å². The number of nitrogens with zero attached hydrogens (tertiary/aromatic N) is 1. The second-order valence-corrected chi connectivity index (χ2v) is 5.37. The van der Waals surface area contributed by atoms with Crippen molar-refractivity contribution in [3.63, 3.8) is 0 Å². The summed E-state index contributed by atoms with van der Waals surface area (Å²) in [6.45, 7) is 4.51. The minimum absolute atomic E-state index is 0.0666. The first-order valence-electron chi connectivity index (χ1n) is 6.24. The maximum Gasteiger partial charge on any atom is 0.128 e. The van der Waals surface area contributed by atoms with Crippen molar-refractivity contribution in [3.8, 4) is 5.75 Å². The first-order chi connectivity index (χ1) is 8.51. The smallest absolute Gasteiger partial charge is 0.128 e. The van der Waals surface area contributed by atoms with Crippen LogP contribution in [0.25, 0.3) is 10.9 Å². The Kier molecular flexibility index (Phi) is 3.35. The van der Waals surface area contributed by atoms with E-state index in [9.17, 15) is 5.11 Å². The zero-order chi connectivity index (χ0) is 13.3. The molecule has 0 saturated carbocycles. The Morgan fingerprint density at radius 2 is 2.06 bits per heavy atom. The molecule has 0 saturated heterocycles. The van der Waals surface area contributed by atoms with Gasteiger partial charge in [0.2, 0.25) is 0 Å². The Labute approximate surface area is 108 Å². The fourth-order valence-electron chi connectivity index (χ4n) is 2.51. The molecule has 0 aliphatic heterocycles. The second-order valence-electron chi connectivity index (χ2n) is 5.37. The average molecular weight is 247 g/mol. The first-order valence-corrected chi connectivity index (χ1v) is 6.24. The van der Waals surface area contributed by atoms with Gasteiger partial charge in [-0.15, -0.1) is 0 Å². The molecule has 0 atom stereocenters. The van der Waals surface area contributed by atoms with Crippen molar-refractivity contribution >= 4 is 10.9 Å². The molecular formula is C15H21NO2. The molecule has 0 amide bonds. The van der Waals surface area contributed by atoms with Gasteiger partial charge in [0.15, 0.2) is 0 Å². The third kappa shape index (κ3) is 1.99. The summed E-state index contributed by atoms with van der Waals surface area (Å²) >= 11 is 0. The summed E-state index contributed by atoms with van der Waals surface area (Å²) in [6, 6.07) is 6.08. The third-order valence-corrected chi connectivity index (χ3v) is 3.66. The van der Waals surface area contributed by atoms with Crippen molar-refractivity contribution in [2.75, 3.05) is 13.7 Å². The number of aliphatic hydroxyl groups is 1. The molecule has 0 fully saturated rings. The molecule has 3 nitrogen and oxygen atoms in total. The molecule has 1 aromatic carbocycles. The number of fused-ring (bicyclic) bond motifs is 1. The summed E-state index contributed by atoms with van der Waals surface area (Å²) < 4.78 is 7.60. The van der Waals surface area contributed by atoms with E-state index in [4.69, 9.17) is 4.74 Å². The molecule has 1 heterocycles. The number of aryl methyl sites for hydroxylation is 1. The highest BCUT2D eigenvalue weighted by atomic mass is 16.5. The molecule has 1 aromatic heterocycles. The number of hydrogen-bond donors (Lipinski definition) is 1. The van der Waals surface area contributed by atoms with E-state index in [1.54, 1.807) is 7.11 Å². The van der Waals surface area contributed by atoms with Gasteiger partial charge in [0.1, 0.15) is 5.75 Å². The topological polar surface area (TPSA) is 34.4 Å². The molecule has 98 valence electrons. The Morgan fingerprint density at radius 1 is 1.33 bits per heavy atom. The maximum absolute atomic E-state index is 9.23. The second kappa shape index (κ2) is 4.65. The molecule has 2 aromatic rings. The van der Waals surface area contributed by atoms with Gasteiger partial charge in [0, 0.05) is 25.2 Å². The van der Waals surface area contributed by atoms with Gasteiger partial charge in [-0.3, -0.25) is 0 Å². The van der Waals surface area contributed by atoms with Crippen LogP contribution < -0.4 is 4.74 Å². The lowest BCUT2D eigenvalue weighted by Crippen LogP contribution is -2.18. The first kappa shape index (κ1) is 13.0. The van der Waals surface area contributed by atoms with Crippen molar-refractivity contribution in [1.29, 1.82) is 0 Å². The minimum Gasteiger partial charge on any atom is -0.496 e. The van der Waals surface area contributed by atoms with Crippen molar-refractivity contribution in [2.45, 2.75) is 25.7 Å². The van der Waals surface area contributed by atoms with Crippen LogP contribution >= 0.6 is 0 Å². The fraction of sp³-hybridized carbons (Fsp3) is 0.467. The summed E-state index contributed by atoms with van der Waals surface area (Å²) in [6.07, 6.45) is 2.88. The highest BCUT2D eigenvalue weighted by molar-refractivity contribution is 5.90. The SMILES string of the molecule is COc1cccc2c1c(C(C)(C)CCO)cn2C. The summed E-state index contributed by atoms with van der Waals surface area (Å²) in [5, 5.41) is 10.4. The quantitative estimate of drug-likeness (QED) is 0.901. The molecule has 0 bridgehead atoms. The standard InChI is InChI=1S/C15H21NO2/c1-15(2,8-9-17)11-10-16(3)12-6-5-7-13(18-4)14(11)12/h5-7,10,17H,8-9H2,1-4H3. The van der Waals surface area contributed by atoms with Gasteiger partial charge in [-0.25, -0.2) is 0 Å². The minimum atomic E-state index is -0.0666. The van der Waals surface area contributed by atoms with E-state index in [0.717, 1.165) is 23.1 Å². The van der Waals surface area contributed by atoms with E-state index < -0.39 is 0 Å². The van der Waals surface area contributed by atoms with Crippen molar-refractivity contribution in [3.05, 3.63) is 30.0 Å². The van der Waals surface area contributed by atoms with E-state index in [2.05, 4.69) is 30.7 Å². The van der Waals surface area contributed by atoms with Gasteiger partial charge in [-0.05, 0) is 29.5 Å². The lowest BCUT2D eigenvalue weighted by molar-refractivity contribution is 0.252. The van der Waals surface area contributed by atoms with Gasteiger partial charge >= 0.3 is 0 Å². The molecule has 0 radical (unpaired) electrons. The summed E-state index contributed by atoms with van der Waals surface area (Å²) in [4.78, 5) is 0. The zero-order valence-electron chi connectivity index (χ0n) is 11.5. The number of benzene rings is 1. The van der Waals surface area contributed by atoms with Crippen LogP contribution in [0.3, 0.4) is 0 Å². The van der Waals surface area contributed by atoms with Gasteiger partial charge in [0.05, 0.1) is 12.6 Å². The highest BCUT2D eigenvalue weighted by Crippen LogP contribution is 2.38. The van der Waals surface area contributed by atoms with Crippen molar-refractivity contribution in [1.82, 2.24) is 4.57 Å². The van der Waals surface area contributed by atoms with E-state index in [-0.39, 0.29) is 12.0 Å². The highest BCUT2D eigenvalue weighted by Gasteiger charge is 2.25. The molecule has 18 heavy (non-hydrogen) atoms. The lowest BCUT2D eigenvalue weighted by Gasteiger charge is -2.23. The predicted octanol–water partition coefficient (Wildman–Crippen LogP) is 2.85. The van der Waals surface area contributed by atoms with Crippen LogP contribution in [0.2, 0.25) is 0 Å². The molecule has 0 spiro atoms. The molecule has 0 unspecified atom stereocenters. The Hall–Kier alpha value is -1.48. The van der Waals surface area contributed by atoms with Crippen LogP contribution in [0, 0.1) is 0 Å². The summed E-state index contributed by atoms with van der Waals surface area (Å²) in [5.41, 5.74) is 2.32. The normalized spacial score (nSPS) is 12.1. The Bertz CT molecular complexity index is 555. The molecule has 2 rings (SSSR count). The van der Waals surface area contributed by atoms with Crippen LogP contribution in [-0.2, 0) is 12.5 Å². The molecule has 0 aliphatic rings. The largest absolute Gasteiger partial charge is 0.496 e. The van der Waals surface area contributed by atoms with Crippen LogP contribution in [0.5, 0.6) is 5.75 Å². The average Bonchev–Trinajstić information content (AvgIpc) is 2.68. The maximum atomic E-state index is 9.23. The number of hydrogen-bond acceptors (Lipinski definition) is 2. The predicted molar refractivity (Wildman–Crippen MR) is 74.2 cm³/mol. The Balaban J connectivity index is 2.71. The third-order valence-electron chi connectivity index (χ3n) is 3.66. The molecule has 0 aliphatic carbocycles. The number of aromatic nitrogens is 1. The van der Waals surface area contributed by atoms with Crippen LogP contribution in [-0.4, -0.2) is 23.4 Å². The van der Waals surface area contributed by atoms with Crippen molar-refractivity contribution < 1.29 is 9.84 Å². The number of rotatable bonds is 4.